The Balaban J connectivity index is 1.21. The smallest absolute Gasteiger partial charge is 0.253 e. The molecule has 1 saturated heterocycles. The number of carbonyl (C=O) groups excluding carboxylic acids is 2. The van der Waals surface area contributed by atoms with Crippen molar-refractivity contribution >= 4 is 11.8 Å². The second-order valence-corrected chi connectivity index (χ2v) is 10.5. The molecule has 0 spiro atoms. The van der Waals surface area contributed by atoms with Gasteiger partial charge in [-0.05, 0) is 87.2 Å². The number of aryl methyl sites for hydroxylation is 1. The highest BCUT2D eigenvalue weighted by atomic mass is 16.2. The third kappa shape index (κ3) is 3.83. The van der Waals surface area contributed by atoms with Crippen molar-refractivity contribution < 1.29 is 9.59 Å². The monoisotopic (exact) mass is 394 g/mol. The van der Waals surface area contributed by atoms with Crippen LogP contribution in [0.5, 0.6) is 0 Å². The lowest BCUT2D eigenvalue weighted by molar-refractivity contribution is -0.139. The molecule has 29 heavy (non-hydrogen) atoms. The fourth-order valence-electron chi connectivity index (χ4n) is 7.27. The van der Waals surface area contributed by atoms with Crippen LogP contribution in [0, 0.1) is 30.1 Å². The molecule has 6 rings (SSSR count). The Morgan fingerprint density at radius 2 is 1.55 bits per heavy atom. The molecule has 0 aromatic heterocycles. The molecule has 1 aromatic carbocycles. The number of amides is 2. The lowest BCUT2D eigenvalue weighted by Gasteiger charge is -2.57. The molecule has 156 valence electrons. The van der Waals surface area contributed by atoms with Gasteiger partial charge in [-0.25, -0.2) is 0 Å². The van der Waals surface area contributed by atoms with E-state index >= 15 is 0 Å². The first-order valence-corrected chi connectivity index (χ1v) is 11.6. The van der Waals surface area contributed by atoms with Crippen LogP contribution in [0.25, 0.3) is 0 Å². The SMILES string of the molecule is Cc1cccc(C(=O)N2CCCN(C(=O)CC34CC5CC(CC(C5)C3)C4)CC2)c1. The molecule has 4 saturated carbocycles. The summed E-state index contributed by atoms with van der Waals surface area (Å²) in [6.45, 7) is 4.89. The van der Waals surface area contributed by atoms with Gasteiger partial charge in [0.05, 0.1) is 0 Å². The van der Waals surface area contributed by atoms with Crippen LogP contribution in [0.4, 0.5) is 0 Å². The van der Waals surface area contributed by atoms with Crippen LogP contribution in [-0.2, 0) is 4.79 Å². The maximum Gasteiger partial charge on any atom is 0.253 e. The highest BCUT2D eigenvalue weighted by molar-refractivity contribution is 5.94. The van der Waals surface area contributed by atoms with Crippen molar-refractivity contribution in [1.29, 1.82) is 0 Å². The summed E-state index contributed by atoms with van der Waals surface area (Å²) in [5, 5.41) is 0. The Morgan fingerprint density at radius 3 is 2.21 bits per heavy atom. The molecule has 0 unspecified atom stereocenters. The minimum Gasteiger partial charge on any atom is -0.341 e. The highest BCUT2D eigenvalue weighted by Crippen LogP contribution is 2.61. The van der Waals surface area contributed by atoms with Gasteiger partial charge in [-0.15, -0.1) is 0 Å². The highest BCUT2D eigenvalue weighted by Gasteiger charge is 2.51. The Labute approximate surface area is 174 Å². The van der Waals surface area contributed by atoms with Gasteiger partial charge in [0, 0.05) is 38.2 Å². The van der Waals surface area contributed by atoms with Gasteiger partial charge in [0.25, 0.3) is 5.91 Å². The van der Waals surface area contributed by atoms with Gasteiger partial charge in [-0.2, -0.15) is 0 Å². The molecule has 1 heterocycles. The van der Waals surface area contributed by atoms with Crippen LogP contribution in [0.3, 0.4) is 0 Å². The summed E-state index contributed by atoms with van der Waals surface area (Å²) in [6.07, 6.45) is 9.77. The van der Waals surface area contributed by atoms with Crippen LogP contribution < -0.4 is 0 Å². The van der Waals surface area contributed by atoms with Gasteiger partial charge in [0.15, 0.2) is 0 Å². The third-order valence-corrected chi connectivity index (χ3v) is 8.09. The molecule has 5 aliphatic rings. The number of carbonyl (C=O) groups is 2. The van der Waals surface area contributed by atoms with E-state index in [1.807, 2.05) is 36.1 Å². The van der Waals surface area contributed by atoms with E-state index in [0.29, 0.717) is 24.4 Å². The summed E-state index contributed by atoms with van der Waals surface area (Å²) >= 11 is 0. The number of benzene rings is 1. The summed E-state index contributed by atoms with van der Waals surface area (Å²) in [5.74, 6) is 3.11. The first kappa shape index (κ1) is 19.1. The van der Waals surface area contributed by atoms with Crippen molar-refractivity contribution in [3.8, 4) is 0 Å². The van der Waals surface area contributed by atoms with Crippen LogP contribution >= 0.6 is 0 Å². The number of hydrogen-bond donors (Lipinski definition) is 0. The van der Waals surface area contributed by atoms with Crippen molar-refractivity contribution in [3.63, 3.8) is 0 Å². The molecule has 5 fully saturated rings. The predicted octanol–water partition coefficient (Wildman–Crippen LogP) is 4.28. The van der Waals surface area contributed by atoms with E-state index in [1.54, 1.807) is 0 Å². The van der Waals surface area contributed by atoms with Gasteiger partial charge >= 0.3 is 0 Å². The van der Waals surface area contributed by atoms with E-state index in [4.69, 9.17) is 0 Å². The average molecular weight is 395 g/mol. The minimum absolute atomic E-state index is 0.101. The molecule has 0 N–H and O–H groups in total. The molecule has 0 atom stereocenters. The van der Waals surface area contributed by atoms with Gasteiger partial charge in [0.2, 0.25) is 5.91 Å². The summed E-state index contributed by atoms with van der Waals surface area (Å²) in [6, 6.07) is 7.82. The fraction of sp³-hybridized carbons (Fsp3) is 0.680. The maximum absolute atomic E-state index is 13.2. The molecule has 4 aliphatic carbocycles. The van der Waals surface area contributed by atoms with Crippen molar-refractivity contribution in [2.24, 2.45) is 23.2 Å². The summed E-state index contributed by atoms with van der Waals surface area (Å²) in [7, 11) is 0. The summed E-state index contributed by atoms with van der Waals surface area (Å²) < 4.78 is 0. The van der Waals surface area contributed by atoms with E-state index in [0.717, 1.165) is 54.8 Å². The van der Waals surface area contributed by atoms with E-state index in [1.165, 1.54) is 38.5 Å². The molecule has 4 nitrogen and oxygen atoms in total. The lowest BCUT2D eigenvalue weighted by atomic mass is 9.49. The standard InChI is InChI=1S/C25H34N2O2/c1-18-4-2-5-22(10-18)24(29)27-7-3-6-26(8-9-27)23(28)17-25-14-19-11-20(15-25)13-21(12-19)16-25/h2,4-5,10,19-21H,3,6-9,11-17H2,1H3. The first-order chi connectivity index (χ1) is 14.0. The second kappa shape index (κ2) is 7.45. The summed E-state index contributed by atoms with van der Waals surface area (Å²) in [4.78, 5) is 30.1. The zero-order valence-electron chi connectivity index (χ0n) is 17.7. The Hall–Kier alpha value is -1.84. The second-order valence-electron chi connectivity index (χ2n) is 10.5. The Morgan fingerprint density at radius 1 is 0.931 bits per heavy atom. The van der Waals surface area contributed by atoms with Crippen molar-refractivity contribution in [2.75, 3.05) is 26.2 Å². The van der Waals surface area contributed by atoms with E-state index in [-0.39, 0.29) is 5.91 Å². The molecular formula is C25H34N2O2. The first-order valence-electron chi connectivity index (χ1n) is 11.6. The molecular weight excluding hydrogens is 360 g/mol. The quantitative estimate of drug-likeness (QED) is 0.768. The molecule has 2 amide bonds. The van der Waals surface area contributed by atoms with Crippen molar-refractivity contribution in [3.05, 3.63) is 35.4 Å². The van der Waals surface area contributed by atoms with Crippen LogP contribution in [0.15, 0.2) is 24.3 Å². The lowest BCUT2D eigenvalue weighted by Crippen LogP contribution is -2.48. The molecule has 1 aliphatic heterocycles. The van der Waals surface area contributed by atoms with Crippen molar-refractivity contribution in [1.82, 2.24) is 9.80 Å². The molecule has 4 bridgehead atoms. The van der Waals surface area contributed by atoms with Crippen LogP contribution in [-0.4, -0.2) is 47.8 Å². The third-order valence-electron chi connectivity index (χ3n) is 8.09. The topological polar surface area (TPSA) is 40.6 Å². The average Bonchev–Trinajstić information content (AvgIpc) is 2.92. The molecule has 0 radical (unpaired) electrons. The van der Waals surface area contributed by atoms with Gasteiger partial charge < -0.3 is 9.80 Å². The van der Waals surface area contributed by atoms with E-state index < -0.39 is 0 Å². The van der Waals surface area contributed by atoms with Gasteiger partial charge in [0.1, 0.15) is 0 Å². The van der Waals surface area contributed by atoms with Crippen LogP contribution in [0.1, 0.15) is 67.3 Å². The van der Waals surface area contributed by atoms with Crippen molar-refractivity contribution in [2.45, 2.75) is 58.3 Å². The minimum atomic E-state index is 0.101. The Bertz CT molecular complexity index is 766. The predicted molar refractivity (Wildman–Crippen MR) is 114 cm³/mol. The zero-order chi connectivity index (χ0) is 20.0. The number of nitrogens with zero attached hydrogens (tertiary/aromatic N) is 2. The summed E-state index contributed by atoms with van der Waals surface area (Å²) in [5.41, 5.74) is 2.17. The maximum atomic E-state index is 13.2. The molecule has 1 aromatic rings. The van der Waals surface area contributed by atoms with Gasteiger partial charge in [-0.1, -0.05) is 17.7 Å². The van der Waals surface area contributed by atoms with Crippen LogP contribution in [0.2, 0.25) is 0 Å². The number of rotatable bonds is 3. The zero-order valence-corrected chi connectivity index (χ0v) is 17.7. The van der Waals surface area contributed by atoms with E-state index in [9.17, 15) is 9.59 Å². The largest absolute Gasteiger partial charge is 0.341 e. The molecule has 4 heteroatoms. The fourth-order valence-corrected chi connectivity index (χ4v) is 7.27. The Kier molecular flexibility index (Phi) is 4.92. The van der Waals surface area contributed by atoms with E-state index in [2.05, 4.69) is 4.90 Å². The normalized spacial score (nSPS) is 33.6. The van der Waals surface area contributed by atoms with Gasteiger partial charge in [-0.3, -0.25) is 9.59 Å². The number of hydrogen-bond acceptors (Lipinski definition) is 2.